The lowest BCUT2D eigenvalue weighted by Gasteiger charge is -2.36. The maximum absolute atomic E-state index is 4.78. The van der Waals surface area contributed by atoms with Gasteiger partial charge in [0.15, 0.2) is 5.96 Å². The minimum absolute atomic E-state index is 0. The summed E-state index contributed by atoms with van der Waals surface area (Å²) in [6.07, 6.45) is 1.93. The zero-order valence-corrected chi connectivity index (χ0v) is 17.8. The monoisotopic (exact) mass is 454 g/mol. The minimum Gasteiger partial charge on any atom is -0.357 e. The first-order chi connectivity index (χ1) is 10.1. The summed E-state index contributed by atoms with van der Waals surface area (Å²) in [7, 11) is 0. The lowest BCUT2D eigenvalue weighted by Crippen LogP contribution is -2.49. The van der Waals surface area contributed by atoms with Crippen molar-refractivity contribution in [2.45, 2.75) is 39.5 Å². The summed E-state index contributed by atoms with van der Waals surface area (Å²) in [6, 6.07) is 0. The zero-order valence-electron chi connectivity index (χ0n) is 13.8. The average Bonchev–Trinajstić information content (AvgIpc) is 2.89. The molecular weight excluding hydrogens is 427 g/mol. The van der Waals surface area contributed by atoms with Crippen LogP contribution in [0.25, 0.3) is 0 Å². The lowest BCUT2D eigenvalue weighted by atomic mass is 10.1. The molecule has 1 unspecified atom stereocenters. The number of hydrogen-bond donors (Lipinski definition) is 1. The first kappa shape index (κ1) is 20.0. The fourth-order valence-electron chi connectivity index (χ4n) is 2.31. The second-order valence-corrected chi connectivity index (χ2v) is 8.30. The normalized spacial score (nSPS) is 19.2. The molecule has 1 aromatic rings. The predicted molar refractivity (Wildman–Crippen MR) is 110 cm³/mol. The van der Waals surface area contributed by atoms with Crippen LogP contribution < -0.4 is 5.32 Å². The number of thioether (sulfide) groups is 1. The second-order valence-electron chi connectivity index (χ2n) is 5.63. The molecule has 1 aliphatic heterocycles. The molecule has 0 spiro atoms. The van der Waals surface area contributed by atoms with Gasteiger partial charge in [0.05, 0.1) is 6.54 Å². The summed E-state index contributed by atoms with van der Waals surface area (Å²) in [5, 5.41) is 5.22. The van der Waals surface area contributed by atoms with Crippen LogP contribution in [0.3, 0.4) is 0 Å². The number of aryl methyl sites for hydroxylation is 1. The summed E-state index contributed by atoms with van der Waals surface area (Å²) in [4.78, 5) is 12.8. The molecule has 0 amide bonds. The maximum atomic E-state index is 4.78. The van der Waals surface area contributed by atoms with Crippen molar-refractivity contribution in [3.63, 3.8) is 0 Å². The van der Waals surface area contributed by atoms with Crippen molar-refractivity contribution in [2.24, 2.45) is 10.9 Å². The topological polar surface area (TPSA) is 40.5 Å². The Balaban J connectivity index is 0.00000242. The number of nitrogens with one attached hydrogen (secondary N) is 1. The molecule has 1 atom stereocenters. The Morgan fingerprint density at radius 2 is 2.32 bits per heavy atom. The van der Waals surface area contributed by atoms with E-state index in [9.17, 15) is 0 Å². The highest BCUT2D eigenvalue weighted by Gasteiger charge is 2.24. The van der Waals surface area contributed by atoms with Gasteiger partial charge in [0.25, 0.3) is 0 Å². The van der Waals surface area contributed by atoms with Crippen molar-refractivity contribution in [2.75, 3.05) is 25.4 Å². The first-order valence-electron chi connectivity index (χ1n) is 7.66. The van der Waals surface area contributed by atoms with Gasteiger partial charge in [-0.15, -0.1) is 35.3 Å². The molecule has 1 aliphatic rings. The van der Waals surface area contributed by atoms with E-state index in [4.69, 9.17) is 4.99 Å². The molecule has 0 aromatic carbocycles. The molecule has 0 saturated carbocycles. The SMILES string of the molecule is CCNC(=NCc1ncc(C)s1)N1CCSC(C(C)C)C1.I. The van der Waals surface area contributed by atoms with Gasteiger partial charge in [-0.3, -0.25) is 0 Å². The van der Waals surface area contributed by atoms with Crippen LogP contribution in [0.15, 0.2) is 11.2 Å². The molecule has 126 valence electrons. The highest BCUT2D eigenvalue weighted by molar-refractivity contribution is 14.0. The summed E-state index contributed by atoms with van der Waals surface area (Å²) in [5.74, 6) is 2.93. The fraction of sp³-hybridized carbons (Fsp3) is 0.733. The number of aliphatic imine (C=N–C) groups is 1. The first-order valence-corrected chi connectivity index (χ1v) is 9.52. The smallest absolute Gasteiger partial charge is 0.194 e. The second kappa shape index (κ2) is 9.97. The van der Waals surface area contributed by atoms with Crippen LogP contribution in [0.2, 0.25) is 0 Å². The van der Waals surface area contributed by atoms with E-state index in [-0.39, 0.29) is 24.0 Å². The molecule has 0 radical (unpaired) electrons. The van der Waals surface area contributed by atoms with Gasteiger partial charge in [0, 0.05) is 41.7 Å². The van der Waals surface area contributed by atoms with Crippen LogP contribution in [0.4, 0.5) is 0 Å². The van der Waals surface area contributed by atoms with Gasteiger partial charge in [-0.05, 0) is 19.8 Å². The maximum Gasteiger partial charge on any atom is 0.194 e. The number of thiazole rings is 1. The quantitative estimate of drug-likeness (QED) is 0.429. The molecule has 1 N–H and O–H groups in total. The molecule has 2 rings (SSSR count). The lowest BCUT2D eigenvalue weighted by molar-refractivity contribution is 0.381. The van der Waals surface area contributed by atoms with Crippen molar-refractivity contribution in [3.05, 3.63) is 16.1 Å². The van der Waals surface area contributed by atoms with E-state index in [0.717, 1.165) is 30.6 Å². The van der Waals surface area contributed by atoms with Crippen molar-refractivity contribution in [1.29, 1.82) is 0 Å². The van der Waals surface area contributed by atoms with Crippen LogP contribution in [0.1, 0.15) is 30.7 Å². The number of aromatic nitrogens is 1. The zero-order chi connectivity index (χ0) is 15.2. The van der Waals surface area contributed by atoms with Gasteiger partial charge in [-0.1, -0.05) is 13.8 Å². The van der Waals surface area contributed by atoms with Crippen molar-refractivity contribution < 1.29 is 0 Å². The molecule has 0 bridgehead atoms. The largest absolute Gasteiger partial charge is 0.357 e. The molecule has 0 aliphatic carbocycles. The molecule has 4 nitrogen and oxygen atoms in total. The van der Waals surface area contributed by atoms with Crippen LogP contribution >= 0.6 is 47.1 Å². The van der Waals surface area contributed by atoms with E-state index in [1.807, 2.05) is 6.20 Å². The third-order valence-corrected chi connectivity index (χ3v) is 5.94. The highest BCUT2D eigenvalue weighted by atomic mass is 127. The third kappa shape index (κ3) is 5.88. The highest BCUT2D eigenvalue weighted by Crippen LogP contribution is 2.25. The van der Waals surface area contributed by atoms with E-state index >= 15 is 0 Å². The van der Waals surface area contributed by atoms with Crippen LogP contribution in [-0.4, -0.2) is 46.5 Å². The number of halogens is 1. The van der Waals surface area contributed by atoms with Gasteiger partial charge in [0.1, 0.15) is 5.01 Å². The predicted octanol–water partition coefficient (Wildman–Crippen LogP) is 3.61. The fourth-order valence-corrected chi connectivity index (χ4v) is 4.32. The summed E-state index contributed by atoms with van der Waals surface area (Å²) < 4.78 is 0. The molecular formula is C15H27IN4S2. The van der Waals surface area contributed by atoms with Crippen LogP contribution in [-0.2, 0) is 6.54 Å². The molecule has 2 heterocycles. The van der Waals surface area contributed by atoms with Gasteiger partial charge >= 0.3 is 0 Å². The average molecular weight is 454 g/mol. The Morgan fingerprint density at radius 3 is 2.91 bits per heavy atom. The number of hydrogen-bond acceptors (Lipinski definition) is 4. The van der Waals surface area contributed by atoms with Gasteiger partial charge in [-0.2, -0.15) is 11.8 Å². The van der Waals surface area contributed by atoms with E-state index in [1.54, 1.807) is 11.3 Å². The Morgan fingerprint density at radius 1 is 1.55 bits per heavy atom. The Bertz CT molecular complexity index is 476. The molecule has 7 heteroatoms. The summed E-state index contributed by atoms with van der Waals surface area (Å²) >= 11 is 3.82. The van der Waals surface area contributed by atoms with Crippen molar-refractivity contribution in [1.82, 2.24) is 15.2 Å². The number of rotatable bonds is 4. The van der Waals surface area contributed by atoms with Gasteiger partial charge in [0.2, 0.25) is 0 Å². The number of guanidine groups is 1. The number of nitrogens with zero attached hydrogens (tertiary/aromatic N) is 3. The van der Waals surface area contributed by atoms with E-state index < -0.39 is 0 Å². The molecule has 1 fully saturated rings. The third-order valence-electron chi connectivity index (χ3n) is 3.50. The molecule has 1 saturated heterocycles. The van der Waals surface area contributed by atoms with Gasteiger partial charge in [-0.25, -0.2) is 9.98 Å². The van der Waals surface area contributed by atoms with Crippen molar-refractivity contribution in [3.8, 4) is 0 Å². The van der Waals surface area contributed by atoms with Crippen LogP contribution in [0.5, 0.6) is 0 Å². The van der Waals surface area contributed by atoms with Gasteiger partial charge < -0.3 is 10.2 Å². The Hall–Kier alpha value is -0.0200. The van der Waals surface area contributed by atoms with Crippen LogP contribution in [0, 0.1) is 12.8 Å². The molecule has 1 aromatic heterocycles. The summed E-state index contributed by atoms with van der Waals surface area (Å²) in [5.41, 5.74) is 0. The Labute approximate surface area is 159 Å². The Kier molecular flexibility index (Phi) is 9.08. The molecule has 22 heavy (non-hydrogen) atoms. The standard InChI is InChI=1S/C15H26N4S2.HI/c1-5-16-15(18-9-14-17-8-12(4)21-14)19-6-7-20-13(10-19)11(2)3;/h8,11,13H,5-7,9-10H2,1-4H3,(H,16,18);1H. The summed E-state index contributed by atoms with van der Waals surface area (Å²) in [6.45, 7) is 12.6. The van der Waals surface area contributed by atoms with E-state index in [1.165, 1.54) is 10.6 Å². The minimum atomic E-state index is 0. The van der Waals surface area contributed by atoms with Crippen molar-refractivity contribution >= 4 is 53.0 Å². The van der Waals surface area contributed by atoms with E-state index in [2.05, 4.69) is 54.7 Å². The van der Waals surface area contributed by atoms with E-state index in [0.29, 0.717) is 17.7 Å².